The fourth-order valence-electron chi connectivity index (χ4n) is 2.82. The fourth-order valence-corrected chi connectivity index (χ4v) is 2.82. The first-order valence-electron chi connectivity index (χ1n) is 12.2. The zero-order chi connectivity index (χ0) is 25.9. The second kappa shape index (κ2) is 10.7. The number of hydrogen-bond acceptors (Lipinski definition) is 3. The fraction of sp³-hybridized carbons (Fsp3) is 1.00. The molecule has 3 aliphatic rings. The van der Waals surface area contributed by atoms with Gasteiger partial charge in [0.05, 0.1) is 42.5 Å². The summed E-state index contributed by atoms with van der Waals surface area (Å²) in [5.41, 5.74) is 0.0857. The van der Waals surface area contributed by atoms with Gasteiger partial charge in [0.15, 0.2) is 0 Å². The highest BCUT2D eigenvalue weighted by atomic mass is 19.3. The van der Waals surface area contributed by atoms with Crippen molar-refractivity contribution in [2.75, 3.05) is 19.8 Å². The topological polar surface area (TPSA) is 27.7 Å². The van der Waals surface area contributed by atoms with Gasteiger partial charge in [-0.2, -0.15) is 0 Å². The van der Waals surface area contributed by atoms with Gasteiger partial charge in [-0.15, -0.1) is 0 Å². The van der Waals surface area contributed by atoms with Crippen LogP contribution in [0.15, 0.2) is 0 Å². The van der Waals surface area contributed by atoms with Gasteiger partial charge in [0, 0.05) is 19.3 Å². The minimum atomic E-state index is -2.44. The monoisotopic (exact) mass is 484 g/mol. The van der Waals surface area contributed by atoms with Crippen LogP contribution in [0.3, 0.4) is 0 Å². The third-order valence-electron chi connectivity index (χ3n) is 5.56. The van der Waals surface area contributed by atoms with Crippen molar-refractivity contribution in [3.8, 4) is 0 Å². The number of rotatable bonds is 6. The van der Waals surface area contributed by atoms with E-state index in [1.165, 1.54) is 12.8 Å². The first-order chi connectivity index (χ1) is 14.5. The molecule has 0 radical (unpaired) electrons. The van der Waals surface area contributed by atoms with E-state index < -0.39 is 17.8 Å². The molecule has 0 saturated heterocycles. The van der Waals surface area contributed by atoms with Crippen LogP contribution in [0.5, 0.6) is 0 Å². The lowest BCUT2D eigenvalue weighted by molar-refractivity contribution is -0.143. The molecule has 0 aromatic carbocycles. The van der Waals surface area contributed by atoms with E-state index in [-0.39, 0.29) is 48.6 Å². The largest absolute Gasteiger partial charge is 0.376 e. The van der Waals surface area contributed by atoms with Crippen molar-refractivity contribution in [3.63, 3.8) is 0 Å². The average Bonchev–Trinajstić information content (AvgIpc) is 3.44. The standard InChI is InChI=1S/C9H16F2O.C9H18O.C8H14F2O/c1-8(2,3)12-6-7-4-9(10,11)5-7;1-8(2,3)10-7-9(4)5-6-9;1-7(2,3)11-5-6-4-8(6,9)10/h7H,4-6H2,1-3H3;5-7H2,1-4H3;6H,4-5H2,1-3H3. The van der Waals surface area contributed by atoms with Gasteiger partial charge in [0.25, 0.3) is 5.92 Å². The molecule has 0 aliphatic heterocycles. The van der Waals surface area contributed by atoms with Crippen molar-refractivity contribution in [2.45, 2.75) is 130 Å². The maximum absolute atomic E-state index is 12.4. The maximum Gasteiger partial charge on any atom is 0.253 e. The molecule has 3 rings (SSSR count). The molecule has 3 fully saturated rings. The van der Waals surface area contributed by atoms with E-state index in [1.807, 2.05) is 41.5 Å². The summed E-state index contributed by atoms with van der Waals surface area (Å²) in [5, 5.41) is 0. The predicted molar refractivity (Wildman–Crippen MR) is 125 cm³/mol. The number of hydrogen-bond donors (Lipinski definition) is 0. The molecule has 0 N–H and O–H groups in total. The maximum atomic E-state index is 12.4. The molecule has 7 heteroatoms. The number of alkyl halides is 4. The average molecular weight is 485 g/mol. The Hall–Kier alpha value is -0.400. The van der Waals surface area contributed by atoms with Crippen LogP contribution in [0.4, 0.5) is 17.6 Å². The highest BCUT2D eigenvalue weighted by Gasteiger charge is 2.57. The van der Waals surface area contributed by atoms with Crippen LogP contribution in [-0.4, -0.2) is 48.5 Å². The highest BCUT2D eigenvalue weighted by molar-refractivity contribution is 4.95. The van der Waals surface area contributed by atoms with Crippen LogP contribution in [0, 0.1) is 17.3 Å². The first-order valence-corrected chi connectivity index (χ1v) is 12.2. The predicted octanol–water partition coefficient (Wildman–Crippen LogP) is 7.91. The molecule has 1 unspecified atom stereocenters. The highest BCUT2D eigenvalue weighted by Crippen LogP contribution is 2.49. The van der Waals surface area contributed by atoms with Crippen molar-refractivity contribution in [3.05, 3.63) is 0 Å². The van der Waals surface area contributed by atoms with Crippen LogP contribution in [-0.2, 0) is 14.2 Å². The van der Waals surface area contributed by atoms with Gasteiger partial charge in [-0.3, -0.25) is 0 Å². The lowest BCUT2D eigenvalue weighted by Crippen LogP contribution is -2.39. The summed E-state index contributed by atoms with van der Waals surface area (Å²) in [4.78, 5) is 0. The summed E-state index contributed by atoms with van der Waals surface area (Å²) >= 11 is 0. The van der Waals surface area contributed by atoms with Crippen molar-refractivity contribution in [1.82, 2.24) is 0 Å². The molecule has 3 saturated carbocycles. The van der Waals surface area contributed by atoms with E-state index >= 15 is 0 Å². The smallest absolute Gasteiger partial charge is 0.253 e. The molecular weight excluding hydrogens is 436 g/mol. The van der Waals surface area contributed by atoms with Gasteiger partial charge in [-0.25, -0.2) is 17.6 Å². The van der Waals surface area contributed by atoms with Gasteiger partial charge < -0.3 is 14.2 Å². The van der Waals surface area contributed by atoms with Gasteiger partial charge in [-0.1, -0.05) is 6.92 Å². The summed E-state index contributed by atoms with van der Waals surface area (Å²) in [6.07, 6.45) is 2.71. The second-order valence-corrected chi connectivity index (χ2v) is 13.4. The van der Waals surface area contributed by atoms with Crippen LogP contribution in [0.1, 0.15) is 101 Å². The quantitative estimate of drug-likeness (QED) is 0.359. The van der Waals surface area contributed by atoms with E-state index in [0.717, 1.165) is 6.61 Å². The summed E-state index contributed by atoms with van der Waals surface area (Å²) in [6.45, 7) is 21.6. The van der Waals surface area contributed by atoms with Gasteiger partial charge in [0.2, 0.25) is 5.92 Å². The van der Waals surface area contributed by atoms with Crippen molar-refractivity contribution in [1.29, 1.82) is 0 Å². The molecule has 0 amide bonds. The van der Waals surface area contributed by atoms with E-state index in [2.05, 4.69) is 27.7 Å². The lowest BCUT2D eigenvalue weighted by atomic mass is 9.82. The van der Waals surface area contributed by atoms with Gasteiger partial charge in [-0.05, 0) is 86.5 Å². The zero-order valence-corrected chi connectivity index (χ0v) is 22.5. The zero-order valence-electron chi connectivity index (χ0n) is 22.5. The molecule has 3 aliphatic carbocycles. The first kappa shape index (κ1) is 30.6. The van der Waals surface area contributed by atoms with E-state index in [4.69, 9.17) is 14.2 Å². The van der Waals surface area contributed by atoms with Gasteiger partial charge in [0.1, 0.15) is 0 Å². The van der Waals surface area contributed by atoms with Crippen LogP contribution in [0.2, 0.25) is 0 Å². The Morgan fingerprint density at radius 3 is 1.36 bits per heavy atom. The Morgan fingerprint density at radius 1 is 0.667 bits per heavy atom. The molecule has 3 nitrogen and oxygen atoms in total. The Labute approximate surface area is 199 Å². The van der Waals surface area contributed by atoms with Gasteiger partial charge >= 0.3 is 0 Å². The Kier molecular flexibility index (Phi) is 9.93. The minimum Gasteiger partial charge on any atom is -0.376 e. The molecule has 0 heterocycles. The lowest BCUT2D eigenvalue weighted by Gasteiger charge is -2.36. The second-order valence-electron chi connectivity index (χ2n) is 13.4. The Bertz CT molecular complexity index is 583. The summed E-state index contributed by atoms with van der Waals surface area (Å²) in [7, 11) is 0. The summed E-state index contributed by atoms with van der Waals surface area (Å²) < 4.78 is 65.5. The molecule has 0 spiro atoms. The van der Waals surface area contributed by atoms with Crippen molar-refractivity contribution in [2.24, 2.45) is 17.3 Å². The van der Waals surface area contributed by atoms with E-state index in [1.54, 1.807) is 0 Å². The van der Waals surface area contributed by atoms with E-state index in [9.17, 15) is 17.6 Å². The SMILES string of the molecule is CC(C)(C)OCC1CC(F)(F)C1.CC(C)(C)OCC1CC1(F)F.CC1(COC(C)(C)C)CC1. The molecule has 0 aromatic rings. The van der Waals surface area contributed by atoms with Crippen LogP contribution < -0.4 is 0 Å². The van der Waals surface area contributed by atoms with Crippen molar-refractivity contribution >= 4 is 0 Å². The molecule has 1 atom stereocenters. The molecule has 0 aromatic heterocycles. The Balaban J connectivity index is 0.000000249. The number of halogens is 4. The molecule has 0 bridgehead atoms. The summed E-state index contributed by atoms with van der Waals surface area (Å²) in [5.74, 6) is -5.31. The normalized spacial score (nSPS) is 25.1. The summed E-state index contributed by atoms with van der Waals surface area (Å²) in [6, 6.07) is 0. The minimum absolute atomic E-state index is 0.00306. The van der Waals surface area contributed by atoms with E-state index in [0.29, 0.717) is 12.0 Å². The van der Waals surface area contributed by atoms with Crippen LogP contribution in [0.25, 0.3) is 0 Å². The van der Waals surface area contributed by atoms with Crippen molar-refractivity contribution < 1.29 is 31.8 Å². The molecular formula is C26H48F4O3. The third kappa shape index (κ3) is 15.3. The molecule has 33 heavy (non-hydrogen) atoms. The Morgan fingerprint density at radius 2 is 1.06 bits per heavy atom. The third-order valence-corrected chi connectivity index (χ3v) is 5.56. The van der Waals surface area contributed by atoms with Crippen LogP contribution >= 0.6 is 0 Å². The number of ether oxygens (including phenoxy) is 3. The molecule has 198 valence electrons.